The summed E-state index contributed by atoms with van der Waals surface area (Å²) in [6.45, 7) is 0.346. The van der Waals surface area contributed by atoms with Crippen molar-refractivity contribution in [2.45, 2.75) is 19.4 Å². The van der Waals surface area contributed by atoms with Gasteiger partial charge in [0.1, 0.15) is 6.61 Å². The fraction of sp³-hybridized carbons (Fsp3) is 0.174. The van der Waals surface area contributed by atoms with Crippen LogP contribution in [-0.2, 0) is 19.4 Å². The smallest absolute Gasteiger partial charge is 0.335 e. The number of aromatic carboxylic acids is 1. The SMILES string of the molecule is COc1cccc(CCc2ccccc2)c1OCc1ccc(C(=O)O)cc1. The number of para-hydroxylation sites is 1. The lowest BCUT2D eigenvalue weighted by Crippen LogP contribution is -2.03. The topological polar surface area (TPSA) is 55.8 Å². The molecular weight excluding hydrogens is 340 g/mol. The molecule has 0 radical (unpaired) electrons. The summed E-state index contributed by atoms with van der Waals surface area (Å²) in [6.07, 6.45) is 1.76. The molecule has 0 amide bonds. The summed E-state index contributed by atoms with van der Waals surface area (Å²) >= 11 is 0. The predicted molar refractivity (Wildman–Crippen MR) is 105 cm³/mol. The zero-order chi connectivity index (χ0) is 19.1. The summed E-state index contributed by atoms with van der Waals surface area (Å²) in [7, 11) is 1.63. The molecule has 3 aromatic carbocycles. The minimum atomic E-state index is -0.935. The van der Waals surface area contributed by atoms with E-state index in [1.165, 1.54) is 5.56 Å². The molecule has 0 bridgehead atoms. The van der Waals surface area contributed by atoms with E-state index in [9.17, 15) is 4.79 Å². The quantitative estimate of drug-likeness (QED) is 0.628. The van der Waals surface area contributed by atoms with E-state index in [1.807, 2.05) is 36.4 Å². The van der Waals surface area contributed by atoms with E-state index >= 15 is 0 Å². The van der Waals surface area contributed by atoms with Crippen LogP contribution in [0.1, 0.15) is 27.0 Å². The molecule has 0 atom stereocenters. The summed E-state index contributed by atoms with van der Waals surface area (Å²) in [5, 5.41) is 8.99. The Hall–Kier alpha value is -3.27. The van der Waals surface area contributed by atoms with Crippen molar-refractivity contribution < 1.29 is 19.4 Å². The Bertz CT molecular complexity index is 886. The van der Waals surface area contributed by atoms with Crippen LogP contribution in [0.5, 0.6) is 11.5 Å². The third kappa shape index (κ3) is 4.88. The lowest BCUT2D eigenvalue weighted by atomic mass is 10.0. The first-order valence-electron chi connectivity index (χ1n) is 8.82. The number of rotatable bonds is 8. The highest BCUT2D eigenvalue weighted by molar-refractivity contribution is 5.87. The van der Waals surface area contributed by atoms with E-state index < -0.39 is 5.97 Å². The molecule has 0 spiro atoms. The molecule has 0 fully saturated rings. The maximum Gasteiger partial charge on any atom is 0.335 e. The first-order chi connectivity index (χ1) is 13.2. The van der Waals surface area contributed by atoms with Gasteiger partial charge in [-0.2, -0.15) is 0 Å². The highest BCUT2D eigenvalue weighted by Gasteiger charge is 2.11. The Morgan fingerprint density at radius 2 is 1.59 bits per heavy atom. The zero-order valence-electron chi connectivity index (χ0n) is 15.2. The van der Waals surface area contributed by atoms with Gasteiger partial charge in [0.25, 0.3) is 0 Å². The van der Waals surface area contributed by atoms with Crippen LogP contribution in [0, 0.1) is 0 Å². The molecule has 0 aromatic heterocycles. The van der Waals surface area contributed by atoms with Gasteiger partial charge >= 0.3 is 5.97 Å². The highest BCUT2D eigenvalue weighted by Crippen LogP contribution is 2.32. The Kier molecular flexibility index (Phi) is 6.10. The van der Waals surface area contributed by atoms with Gasteiger partial charge in [-0.1, -0.05) is 54.6 Å². The number of carboxylic acids is 1. The van der Waals surface area contributed by atoms with Gasteiger partial charge in [0.2, 0.25) is 0 Å². The Morgan fingerprint density at radius 1 is 0.852 bits per heavy atom. The lowest BCUT2D eigenvalue weighted by molar-refractivity contribution is 0.0697. The molecular formula is C23H22O4. The minimum Gasteiger partial charge on any atom is -0.493 e. The van der Waals surface area contributed by atoms with Crippen molar-refractivity contribution in [1.29, 1.82) is 0 Å². The van der Waals surface area contributed by atoms with Crippen LogP contribution in [0.2, 0.25) is 0 Å². The second kappa shape index (κ2) is 8.90. The average Bonchev–Trinajstić information content (AvgIpc) is 2.71. The van der Waals surface area contributed by atoms with Crippen LogP contribution in [0.15, 0.2) is 72.8 Å². The van der Waals surface area contributed by atoms with Crippen molar-refractivity contribution in [2.24, 2.45) is 0 Å². The Balaban J connectivity index is 1.73. The predicted octanol–water partition coefficient (Wildman–Crippen LogP) is 4.76. The van der Waals surface area contributed by atoms with Gasteiger partial charge in [0, 0.05) is 0 Å². The van der Waals surface area contributed by atoms with E-state index in [1.54, 1.807) is 31.4 Å². The van der Waals surface area contributed by atoms with Crippen LogP contribution in [0.3, 0.4) is 0 Å². The average molecular weight is 362 g/mol. The zero-order valence-corrected chi connectivity index (χ0v) is 15.2. The largest absolute Gasteiger partial charge is 0.493 e. The van der Waals surface area contributed by atoms with Gasteiger partial charge < -0.3 is 14.6 Å². The molecule has 1 N–H and O–H groups in total. The second-order valence-corrected chi connectivity index (χ2v) is 6.22. The van der Waals surface area contributed by atoms with Crippen LogP contribution >= 0.6 is 0 Å². The van der Waals surface area contributed by atoms with E-state index in [-0.39, 0.29) is 5.56 Å². The number of ether oxygens (including phenoxy) is 2. The van der Waals surface area contributed by atoms with Crippen molar-refractivity contribution in [1.82, 2.24) is 0 Å². The number of methoxy groups -OCH3 is 1. The van der Waals surface area contributed by atoms with Crippen molar-refractivity contribution in [3.8, 4) is 11.5 Å². The Labute approximate surface area is 159 Å². The molecule has 0 heterocycles. The molecule has 0 unspecified atom stereocenters. The fourth-order valence-electron chi connectivity index (χ4n) is 2.91. The molecule has 138 valence electrons. The lowest BCUT2D eigenvalue weighted by Gasteiger charge is -2.15. The molecule has 4 nitrogen and oxygen atoms in total. The number of hydrogen-bond acceptors (Lipinski definition) is 3. The molecule has 3 aromatic rings. The number of benzene rings is 3. The summed E-state index contributed by atoms with van der Waals surface area (Å²) in [6, 6.07) is 22.9. The summed E-state index contributed by atoms with van der Waals surface area (Å²) < 4.78 is 11.5. The third-order valence-electron chi connectivity index (χ3n) is 4.39. The van der Waals surface area contributed by atoms with Gasteiger partial charge in [-0.15, -0.1) is 0 Å². The summed E-state index contributed by atoms with van der Waals surface area (Å²) in [4.78, 5) is 11.0. The second-order valence-electron chi connectivity index (χ2n) is 6.22. The van der Waals surface area contributed by atoms with E-state index in [0.717, 1.165) is 29.7 Å². The number of hydrogen-bond donors (Lipinski definition) is 1. The minimum absolute atomic E-state index is 0.264. The molecule has 0 aliphatic heterocycles. The van der Waals surface area contributed by atoms with E-state index in [4.69, 9.17) is 14.6 Å². The standard InChI is InChI=1S/C23H22O4/c1-26-21-9-5-8-19(13-10-17-6-3-2-4-7-17)22(21)27-16-18-11-14-20(15-12-18)23(24)25/h2-9,11-12,14-15H,10,13,16H2,1H3,(H,24,25). The third-order valence-corrected chi connectivity index (χ3v) is 4.39. The molecule has 27 heavy (non-hydrogen) atoms. The van der Waals surface area contributed by atoms with Crippen LogP contribution in [0.25, 0.3) is 0 Å². The number of aryl methyl sites for hydroxylation is 2. The van der Waals surface area contributed by atoms with E-state index in [0.29, 0.717) is 12.4 Å². The van der Waals surface area contributed by atoms with Crippen molar-refractivity contribution in [3.63, 3.8) is 0 Å². The summed E-state index contributed by atoms with van der Waals surface area (Å²) in [5.41, 5.74) is 3.52. The van der Waals surface area contributed by atoms with Crippen LogP contribution in [0.4, 0.5) is 0 Å². The van der Waals surface area contributed by atoms with E-state index in [2.05, 4.69) is 12.1 Å². The first-order valence-corrected chi connectivity index (χ1v) is 8.82. The highest BCUT2D eigenvalue weighted by atomic mass is 16.5. The molecule has 0 saturated heterocycles. The number of carbonyl (C=O) groups is 1. The first kappa shape index (κ1) is 18.5. The molecule has 3 rings (SSSR count). The maximum absolute atomic E-state index is 11.0. The molecule has 0 saturated carbocycles. The van der Waals surface area contributed by atoms with Crippen LogP contribution < -0.4 is 9.47 Å². The van der Waals surface area contributed by atoms with Crippen LogP contribution in [-0.4, -0.2) is 18.2 Å². The van der Waals surface area contributed by atoms with Gasteiger partial charge in [0.15, 0.2) is 11.5 Å². The van der Waals surface area contributed by atoms with Gasteiger partial charge in [-0.25, -0.2) is 4.79 Å². The summed E-state index contributed by atoms with van der Waals surface area (Å²) in [5.74, 6) is 0.497. The van der Waals surface area contributed by atoms with Gasteiger partial charge in [-0.3, -0.25) is 0 Å². The molecule has 0 aliphatic rings. The maximum atomic E-state index is 11.0. The Morgan fingerprint density at radius 3 is 2.26 bits per heavy atom. The normalized spacial score (nSPS) is 10.4. The monoisotopic (exact) mass is 362 g/mol. The van der Waals surface area contributed by atoms with Gasteiger partial charge in [0.05, 0.1) is 12.7 Å². The van der Waals surface area contributed by atoms with Crippen molar-refractivity contribution >= 4 is 5.97 Å². The van der Waals surface area contributed by atoms with Gasteiger partial charge in [-0.05, 0) is 47.7 Å². The number of carboxylic acid groups (broad SMARTS) is 1. The fourth-order valence-corrected chi connectivity index (χ4v) is 2.91. The van der Waals surface area contributed by atoms with Crippen molar-refractivity contribution in [3.05, 3.63) is 95.1 Å². The molecule has 0 aliphatic carbocycles. The molecule has 4 heteroatoms. The van der Waals surface area contributed by atoms with Crippen molar-refractivity contribution in [2.75, 3.05) is 7.11 Å².